The predicted octanol–water partition coefficient (Wildman–Crippen LogP) is 1.68. The SMILES string of the molecule is COC1(CNCc2cccn2C)CCC1. The van der Waals surface area contributed by atoms with Gasteiger partial charge in [0.15, 0.2) is 0 Å². The zero-order valence-corrected chi connectivity index (χ0v) is 9.62. The molecule has 1 aliphatic rings. The molecule has 1 aromatic rings. The molecule has 1 heterocycles. The van der Waals surface area contributed by atoms with Gasteiger partial charge in [0.25, 0.3) is 0 Å². The first-order chi connectivity index (χ1) is 7.26. The first kappa shape index (κ1) is 10.7. The monoisotopic (exact) mass is 208 g/mol. The highest BCUT2D eigenvalue weighted by atomic mass is 16.5. The zero-order chi connectivity index (χ0) is 10.7. The van der Waals surface area contributed by atoms with Crippen molar-refractivity contribution in [2.75, 3.05) is 13.7 Å². The first-order valence-corrected chi connectivity index (χ1v) is 5.62. The van der Waals surface area contributed by atoms with E-state index in [-0.39, 0.29) is 5.60 Å². The largest absolute Gasteiger partial charge is 0.377 e. The van der Waals surface area contributed by atoms with Gasteiger partial charge >= 0.3 is 0 Å². The van der Waals surface area contributed by atoms with Crippen LogP contribution in [-0.2, 0) is 18.3 Å². The topological polar surface area (TPSA) is 26.2 Å². The molecule has 1 saturated carbocycles. The summed E-state index contributed by atoms with van der Waals surface area (Å²) < 4.78 is 7.70. The molecular weight excluding hydrogens is 188 g/mol. The van der Waals surface area contributed by atoms with E-state index in [2.05, 4.69) is 35.3 Å². The van der Waals surface area contributed by atoms with Crippen LogP contribution in [0.15, 0.2) is 18.3 Å². The minimum absolute atomic E-state index is 0.130. The highest BCUT2D eigenvalue weighted by Gasteiger charge is 2.36. The van der Waals surface area contributed by atoms with Gasteiger partial charge in [0.1, 0.15) is 0 Å². The number of nitrogens with zero attached hydrogens (tertiary/aromatic N) is 1. The highest BCUT2D eigenvalue weighted by Crippen LogP contribution is 2.34. The van der Waals surface area contributed by atoms with E-state index >= 15 is 0 Å². The fourth-order valence-corrected chi connectivity index (χ4v) is 2.12. The van der Waals surface area contributed by atoms with E-state index in [0.29, 0.717) is 0 Å². The molecule has 2 rings (SSSR count). The van der Waals surface area contributed by atoms with Crippen molar-refractivity contribution >= 4 is 0 Å². The molecule has 0 radical (unpaired) electrons. The Kier molecular flexibility index (Phi) is 3.12. The fourth-order valence-electron chi connectivity index (χ4n) is 2.12. The van der Waals surface area contributed by atoms with Crippen molar-refractivity contribution in [1.82, 2.24) is 9.88 Å². The lowest BCUT2D eigenvalue weighted by Crippen LogP contribution is -2.47. The lowest BCUT2D eigenvalue weighted by Gasteiger charge is -2.40. The molecule has 0 bridgehead atoms. The molecule has 15 heavy (non-hydrogen) atoms. The number of aryl methyl sites for hydroxylation is 1. The van der Waals surface area contributed by atoms with Crippen LogP contribution in [0.2, 0.25) is 0 Å². The summed E-state index contributed by atoms with van der Waals surface area (Å²) in [6.07, 6.45) is 5.78. The van der Waals surface area contributed by atoms with Crippen molar-refractivity contribution in [2.45, 2.75) is 31.4 Å². The zero-order valence-electron chi connectivity index (χ0n) is 9.62. The van der Waals surface area contributed by atoms with Crippen molar-refractivity contribution in [3.8, 4) is 0 Å². The maximum atomic E-state index is 5.55. The van der Waals surface area contributed by atoms with Gasteiger partial charge in [-0.05, 0) is 31.4 Å². The van der Waals surface area contributed by atoms with Crippen molar-refractivity contribution in [3.05, 3.63) is 24.0 Å². The summed E-state index contributed by atoms with van der Waals surface area (Å²) >= 11 is 0. The van der Waals surface area contributed by atoms with Crippen LogP contribution in [-0.4, -0.2) is 23.8 Å². The van der Waals surface area contributed by atoms with Crippen LogP contribution < -0.4 is 5.32 Å². The average Bonchev–Trinajstić information content (AvgIpc) is 2.57. The van der Waals surface area contributed by atoms with E-state index < -0.39 is 0 Å². The van der Waals surface area contributed by atoms with E-state index in [9.17, 15) is 0 Å². The van der Waals surface area contributed by atoms with E-state index in [4.69, 9.17) is 4.74 Å². The third-order valence-corrected chi connectivity index (χ3v) is 3.50. The van der Waals surface area contributed by atoms with Gasteiger partial charge in [-0.2, -0.15) is 0 Å². The van der Waals surface area contributed by atoms with Crippen LogP contribution in [0.3, 0.4) is 0 Å². The Hall–Kier alpha value is -0.800. The smallest absolute Gasteiger partial charge is 0.0802 e. The van der Waals surface area contributed by atoms with Gasteiger partial charge in [0.2, 0.25) is 0 Å². The Morgan fingerprint density at radius 2 is 2.33 bits per heavy atom. The van der Waals surface area contributed by atoms with Gasteiger partial charge in [-0.15, -0.1) is 0 Å². The van der Waals surface area contributed by atoms with Crippen LogP contribution >= 0.6 is 0 Å². The number of aromatic nitrogens is 1. The second kappa shape index (κ2) is 4.37. The molecule has 1 fully saturated rings. The molecule has 84 valence electrons. The van der Waals surface area contributed by atoms with Crippen molar-refractivity contribution in [1.29, 1.82) is 0 Å². The number of hydrogen-bond acceptors (Lipinski definition) is 2. The van der Waals surface area contributed by atoms with Gasteiger partial charge in [0, 0.05) is 39.1 Å². The second-order valence-electron chi connectivity index (χ2n) is 4.45. The van der Waals surface area contributed by atoms with Gasteiger partial charge in [-0.1, -0.05) is 0 Å². The molecule has 3 heteroatoms. The number of nitrogens with one attached hydrogen (secondary N) is 1. The second-order valence-corrected chi connectivity index (χ2v) is 4.45. The lowest BCUT2D eigenvalue weighted by atomic mass is 9.80. The maximum Gasteiger partial charge on any atom is 0.0802 e. The molecule has 0 aliphatic heterocycles. The fraction of sp³-hybridized carbons (Fsp3) is 0.667. The first-order valence-electron chi connectivity index (χ1n) is 5.62. The summed E-state index contributed by atoms with van der Waals surface area (Å²) in [5.41, 5.74) is 1.45. The Morgan fingerprint density at radius 1 is 1.53 bits per heavy atom. The van der Waals surface area contributed by atoms with Crippen molar-refractivity contribution in [2.24, 2.45) is 7.05 Å². The minimum Gasteiger partial charge on any atom is -0.377 e. The van der Waals surface area contributed by atoms with Gasteiger partial charge in [-0.25, -0.2) is 0 Å². The molecule has 0 saturated heterocycles. The molecule has 1 N–H and O–H groups in total. The molecular formula is C12H20N2O. The van der Waals surface area contributed by atoms with Crippen LogP contribution in [0.5, 0.6) is 0 Å². The number of rotatable bonds is 5. The molecule has 3 nitrogen and oxygen atoms in total. The van der Waals surface area contributed by atoms with Gasteiger partial charge < -0.3 is 14.6 Å². The molecule has 0 amide bonds. The van der Waals surface area contributed by atoms with E-state index in [0.717, 1.165) is 13.1 Å². The number of ether oxygens (including phenoxy) is 1. The maximum absolute atomic E-state index is 5.55. The highest BCUT2D eigenvalue weighted by molar-refractivity contribution is 5.06. The van der Waals surface area contributed by atoms with E-state index in [1.807, 2.05) is 7.11 Å². The van der Waals surface area contributed by atoms with E-state index in [1.54, 1.807) is 0 Å². The lowest BCUT2D eigenvalue weighted by molar-refractivity contribution is -0.0696. The average molecular weight is 208 g/mol. The Balaban J connectivity index is 1.77. The Bertz CT molecular complexity index is 310. The van der Waals surface area contributed by atoms with Gasteiger partial charge in [-0.3, -0.25) is 0 Å². The molecule has 1 aromatic heterocycles. The summed E-state index contributed by atoms with van der Waals surface area (Å²) in [6, 6.07) is 4.22. The summed E-state index contributed by atoms with van der Waals surface area (Å²) in [5, 5.41) is 3.48. The van der Waals surface area contributed by atoms with Crippen LogP contribution in [0, 0.1) is 0 Å². The quantitative estimate of drug-likeness (QED) is 0.797. The van der Waals surface area contributed by atoms with Crippen LogP contribution in [0.4, 0.5) is 0 Å². The summed E-state index contributed by atoms with van der Waals surface area (Å²) in [5.74, 6) is 0. The van der Waals surface area contributed by atoms with Crippen LogP contribution in [0.25, 0.3) is 0 Å². The molecule has 0 spiro atoms. The number of methoxy groups -OCH3 is 1. The molecule has 0 aromatic carbocycles. The standard InChI is InChI=1S/C12H20N2O/c1-14-8-3-5-11(14)9-13-10-12(15-2)6-4-7-12/h3,5,8,13H,4,6-7,9-10H2,1-2H3. The van der Waals surface area contributed by atoms with Crippen molar-refractivity contribution < 1.29 is 4.74 Å². The van der Waals surface area contributed by atoms with Crippen molar-refractivity contribution in [3.63, 3.8) is 0 Å². The molecule has 1 aliphatic carbocycles. The van der Waals surface area contributed by atoms with Gasteiger partial charge in [0.05, 0.1) is 5.60 Å². The number of hydrogen-bond donors (Lipinski definition) is 1. The van der Waals surface area contributed by atoms with E-state index in [1.165, 1.54) is 25.0 Å². The molecule has 0 atom stereocenters. The summed E-state index contributed by atoms with van der Waals surface area (Å²) in [4.78, 5) is 0. The Labute approximate surface area is 91.4 Å². The third kappa shape index (κ3) is 2.24. The minimum atomic E-state index is 0.130. The summed E-state index contributed by atoms with van der Waals surface area (Å²) in [6.45, 7) is 1.89. The Morgan fingerprint density at radius 3 is 2.80 bits per heavy atom. The predicted molar refractivity (Wildman–Crippen MR) is 60.7 cm³/mol. The summed E-state index contributed by atoms with van der Waals surface area (Å²) in [7, 11) is 3.90. The third-order valence-electron chi connectivity index (χ3n) is 3.50. The van der Waals surface area contributed by atoms with Crippen LogP contribution in [0.1, 0.15) is 25.0 Å². The normalized spacial score (nSPS) is 18.8. The molecule has 0 unspecified atom stereocenters.